The molecule has 3 nitrogen and oxygen atoms in total. The summed E-state index contributed by atoms with van der Waals surface area (Å²) < 4.78 is 5.65. The molecule has 0 aromatic heterocycles. The van der Waals surface area contributed by atoms with E-state index in [9.17, 15) is 4.79 Å². The van der Waals surface area contributed by atoms with Crippen molar-refractivity contribution in [3.8, 4) is 5.75 Å². The van der Waals surface area contributed by atoms with Crippen molar-refractivity contribution >= 4 is 5.97 Å². The second-order valence-electron chi connectivity index (χ2n) is 4.80. The SMILES string of the molecule is CCCCCCCOc1ccc(CCC(=O)O)cc1. The van der Waals surface area contributed by atoms with Gasteiger partial charge in [-0.1, -0.05) is 44.7 Å². The maximum atomic E-state index is 10.5. The number of aryl methyl sites for hydroxylation is 1. The van der Waals surface area contributed by atoms with Gasteiger partial charge < -0.3 is 9.84 Å². The molecular weight excluding hydrogens is 240 g/mol. The molecule has 0 radical (unpaired) electrons. The van der Waals surface area contributed by atoms with Crippen molar-refractivity contribution in [3.63, 3.8) is 0 Å². The van der Waals surface area contributed by atoms with Crippen molar-refractivity contribution in [1.29, 1.82) is 0 Å². The van der Waals surface area contributed by atoms with Crippen LogP contribution in [0.15, 0.2) is 24.3 Å². The normalized spacial score (nSPS) is 10.4. The molecule has 1 aromatic rings. The molecule has 1 aromatic carbocycles. The highest BCUT2D eigenvalue weighted by Gasteiger charge is 2.00. The average molecular weight is 264 g/mol. The highest BCUT2D eigenvalue weighted by Crippen LogP contribution is 2.14. The van der Waals surface area contributed by atoms with Crippen LogP contribution in [0.4, 0.5) is 0 Å². The molecule has 0 saturated heterocycles. The molecule has 0 aliphatic carbocycles. The Balaban J connectivity index is 2.19. The molecule has 106 valence electrons. The lowest BCUT2D eigenvalue weighted by atomic mass is 10.1. The minimum atomic E-state index is -0.757. The van der Waals surface area contributed by atoms with E-state index in [4.69, 9.17) is 9.84 Å². The van der Waals surface area contributed by atoms with Crippen molar-refractivity contribution in [2.45, 2.75) is 51.9 Å². The van der Waals surface area contributed by atoms with Crippen LogP contribution in [0.1, 0.15) is 51.0 Å². The van der Waals surface area contributed by atoms with Gasteiger partial charge in [0, 0.05) is 6.42 Å². The molecule has 0 amide bonds. The molecule has 19 heavy (non-hydrogen) atoms. The first-order valence-corrected chi connectivity index (χ1v) is 7.16. The summed E-state index contributed by atoms with van der Waals surface area (Å²) in [6.45, 7) is 2.97. The second kappa shape index (κ2) is 9.42. The zero-order valence-corrected chi connectivity index (χ0v) is 11.7. The fourth-order valence-corrected chi connectivity index (χ4v) is 1.90. The lowest BCUT2D eigenvalue weighted by Crippen LogP contribution is -1.99. The van der Waals surface area contributed by atoms with Crippen LogP contribution in [0.5, 0.6) is 5.75 Å². The number of carboxylic acid groups (broad SMARTS) is 1. The van der Waals surface area contributed by atoms with Crippen LogP contribution >= 0.6 is 0 Å². The molecule has 0 saturated carbocycles. The number of benzene rings is 1. The first-order chi connectivity index (χ1) is 9.22. The van der Waals surface area contributed by atoms with Gasteiger partial charge in [-0.05, 0) is 30.5 Å². The molecule has 0 unspecified atom stereocenters. The molecular formula is C16H24O3. The van der Waals surface area contributed by atoms with Gasteiger partial charge in [0.15, 0.2) is 0 Å². The predicted octanol–water partition coefficient (Wildman–Crippen LogP) is 4.05. The third kappa shape index (κ3) is 7.50. The molecule has 0 aliphatic rings. The highest BCUT2D eigenvalue weighted by molar-refractivity contribution is 5.67. The number of unbranched alkanes of at least 4 members (excludes halogenated alkanes) is 4. The van der Waals surface area contributed by atoms with Crippen molar-refractivity contribution in [2.24, 2.45) is 0 Å². The van der Waals surface area contributed by atoms with E-state index in [0.29, 0.717) is 6.42 Å². The van der Waals surface area contributed by atoms with Crippen LogP contribution < -0.4 is 4.74 Å². The smallest absolute Gasteiger partial charge is 0.303 e. The van der Waals surface area contributed by atoms with E-state index < -0.39 is 5.97 Å². The first kappa shape index (κ1) is 15.5. The zero-order chi connectivity index (χ0) is 13.9. The molecule has 0 heterocycles. The van der Waals surface area contributed by atoms with E-state index in [2.05, 4.69) is 6.92 Å². The average Bonchev–Trinajstić information content (AvgIpc) is 2.41. The molecule has 0 atom stereocenters. The monoisotopic (exact) mass is 264 g/mol. The lowest BCUT2D eigenvalue weighted by Gasteiger charge is -2.07. The standard InChI is InChI=1S/C16H24O3/c1-2-3-4-5-6-13-19-15-10-7-14(8-11-15)9-12-16(17)18/h7-8,10-11H,2-6,9,12-13H2,1H3,(H,17,18). The van der Waals surface area contributed by atoms with Gasteiger partial charge in [-0.2, -0.15) is 0 Å². The van der Waals surface area contributed by atoms with E-state index in [0.717, 1.165) is 24.3 Å². The Hall–Kier alpha value is -1.51. The fraction of sp³-hybridized carbons (Fsp3) is 0.562. The summed E-state index contributed by atoms with van der Waals surface area (Å²) in [5.41, 5.74) is 1.04. The largest absolute Gasteiger partial charge is 0.494 e. The van der Waals surface area contributed by atoms with Crippen molar-refractivity contribution in [3.05, 3.63) is 29.8 Å². The predicted molar refractivity (Wildman–Crippen MR) is 76.7 cm³/mol. The Bertz CT molecular complexity index is 357. The molecule has 1 rings (SSSR count). The number of carboxylic acids is 1. The third-order valence-corrected chi connectivity index (χ3v) is 3.07. The number of ether oxygens (including phenoxy) is 1. The van der Waals surface area contributed by atoms with Gasteiger partial charge in [0.2, 0.25) is 0 Å². The molecule has 0 fully saturated rings. The van der Waals surface area contributed by atoms with E-state index >= 15 is 0 Å². The summed E-state index contributed by atoms with van der Waals surface area (Å²) in [6.07, 6.45) is 6.93. The highest BCUT2D eigenvalue weighted by atomic mass is 16.5. The molecule has 0 spiro atoms. The number of hydrogen-bond donors (Lipinski definition) is 1. The summed E-state index contributed by atoms with van der Waals surface area (Å²) in [4.78, 5) is 10.5. The fourth-order valence-electron chi connectivity index (χ4n) is 1.90. The van der Waals surface area contributed by atoms with Crippen LogP contribution in [0.25, 0.3) is 0 Å². The van der Waals surface area contributed by atoms with Gasteiger partial charge in [-0.15, -0.1) is 0 Å². The molecule has 0 bridgehead atoms. The zero-order valence-electron chi connectivity index (χ0n) is 11.7. The number of hydrogen-bond acceptors (Lipinski definition) is 2. The van der Waals surface area contributed by atoms with Gasteiger partial charge in [-0.25, -0.2) is 0 Å². The van der Waals surface area contributed by atoms with Gasteiger partial charge in [0.1, 0.15) is 5.75 Å². The number of rotatable bonds is 10. The minimum Gasteiger partial charge on any atom is -0.494 e. The second-order valence-corrected chi connectivity index (χ2v) is 4.80. The van der Waals surface area contributed by atoms with Crippen molar-refractivity contribution < 1.29 is 14.6 Å². The van der Waals surface area contributed by atoms with Crippen LogP contribution in [0.2, 0.25) is 0 Å². The Labute approximate surface area is 115 Å². The van der Waals surface area contributed by atoms with Crippen LogP contribution in [-0.2, 0) is 11.2 Å². The minimum absolute atomic E-state index is 0.178. The van der Waals surface area contributed by atoms with Gasteiger partial charge >= 0.3 is 5.97 Å². The summed E-state index contributed by atoms with van der Waals surface area (Å²) in [5, 5.41) is 8.61. The summed E-state index contributed by atoms with van der Waals surface area (Å²) >= 11 is 0. The van der Waals surface area contributed by atoms with Crippen molar-refractivity contribution in [1.82, 2.24) is 0 Å². The van der Waals surface area contributed by atoms with E-state index in [-0.39, 0.29) is 6.42 Å². The van der Waals surface area contributed by atoms with Crippen LogP contribution in [0.3, 0.4) is 0 Å². The maximum Gasteiger partial charge on any atom is 0.303 e. The maximum absolute atomic E-state index is 10.5. The Kier molecular flexibility index (Phi) is 7.71. The van der Waals surface area contributed by atoms with E-state index in [1.54, 1.807) is 0 Å². The number of aliphatic carboxylic acids is 1. The molecule has 1 N–H and O–H groups in total. The topological polar surface area (TPSA) is 46.5 Å². The summed E-state index contributed by atoms with van der Waals surface area (Å²) in [7, 11) is 0. The van der Waals surface area contributed by atoms with E-state index in [1.807, 2.05) is 24.3 Å². The van der Waals surface area contributed by atoms with Gasteiger partial charge in [-0.3, -0.25) is 4.79 Å². The number of carbonyl (C=O) groups is 1. The first-order valence-electron chi connectivity index (χ1n) is 7.16. The van der Waals surface area contributed by atoms with Gasteiger partial charge in [0.05, 0.1) is 6.61 Å². The summed E-state index contributed by atoms with van der Waals surface area (Å²) in [5.74, 6) is 0.113. The lowest BCUT2D eigenvalue weighted by molar-refractivity contribution is -0.136. The Morgan fingerprint density at radius 2 is 1.79 bits per heavy atom. The van der Waals surface area contributed by atoms with Crippen LogP contribution in [0, 0.1) is 0 Å². The molecule has 3 heteroatoms. The van der Waals surface area contributed by atoms with Gasteiger partial charge in [0.25, 0.3) is 0 Å². The van der Waals surface area contributed by atoms with Crippen LogP contribution in [-0.4, -0.2) is 17.7 Å². The summed E-state index contributed by atoms with van der Waals surface area (Å²) in [6, 6.07) is 7.72. The molecule has 0 aliphatic heterocycles. The quantitative estimate of drug-likeness (QED) is 0.648. The Morgan fingerprint density at radius 3 is 2.42 bits per heavy atom. The Morgan fingerprint density at radius 1 is 1.11 bits per heavy atom. The van der Waals surface area contributed by atoms with Crippen molar-refractivity contribution in [2.75, 3.05) is 6.61 Å². The van der Waals surface area contributed by atoms with E-state index in [1.165, 1.54) is 25.7 Å². The third-order valence-electron chi connectivity index (χ3n) is 3.07.